The van der Waals surface area contributed by atoms with E-state index in [-0.39, 0.29) is 42.1 Å². The smallest absolute Gasteiger partial charge is 0.223 e. The monoisotopic (exact) mass is 376 g/mol. The molecule has 0 radical (unpaired) electrons. The topological polar surface area (TPSA) is 55.1 Å². The summed E-state index contributed by atoms with van der Waals surface area (Å²) in [6.45, 7) is 0. The highest BCUT2D eigenvalue weighted by Crippen LogP contribution is 2.26. The molecular formula is C21H26ClFN2O. The van der Waals surface area contributed by atoms with Crippen LogP contribution < -0.4 is 11.1 Å². The summed E-state index contributed by atoms with van der Waals surface area (Å²) in [5.74, 6) is -0.378. The SMILES string of the molecule is Cl.NC1CCCC(C(=O)NC(Cc2ccccc2)c2ccccc2F)C1. The summed E-state index contributed by atoms with van der Waals surface area (Å²) in [5, 5.41) is 3.08. The zero-order valence-electron chi connectivity index (χ0n) is 14.7. The molecule has 0 aliphatic heterocycles. The molecule has 26 heavy (non-hydrogen) atoms. The van der Waals surface area contributed by atoms with Crippen LogP contribution in [0.15, 0.2) is 54.6 Å². The quantitative estimate of drug-likeness (QED) is 0.823. The van der Waals surface area contributed by atoms with Crippen LogP contribution in [-0.2, 0) is 11.2 Å². The zero-order chi connectivity index (χ0) is 17.6. The molecule has 5 heteroatoms. The molecule has 1 aliphatic carbocycles. The fourth-order valence-electron chi connectivity index (χ4n) is 3.60. The number of rotatable bonds is 5. The Hall–Kier alpha value is -1.91. The predicted octanol–water partition coefficient (Wildman–Crippen LogP) is 4.17. The molecule has 3 rings (SSSR count). The average Bonchev–Trinajstić information content (AvgIpc) is 2.62. The van der Waals surface area contributed by atoms with Crippen molar-refractivity contribution < 1.29 is 9.18 Å². The summed E-state index contributed by atoms with van der Waals surface area (Å²) < 4.78 is 14.3. The van der Waals surface area contributed by atoms with Gasteiger partial charge in [-0.3, -0.25) is 4.79 Å². The minimum absolute atomic E-state index is 0. The molecule has 1 aliphatic rings. The third kappa shape index (κ3) is 5.29. The molecule has 2 aromatic carbocycles. The average molecular weight is 377 g/mol. The van der Waals surface area contributed by atoms with Gasteiger partial charge < -0.3 is 11.1 Å². The van der Waals surface area contributed by atoms with Crippen LogP contribution in [0.5, 0.6) is 0 Å². The van der Waals surface area contributed by atoms with Gasteiger partial charge in [0.2, 0.25) is 5.91 Å². The summed E-state index contributed by atoms with van der Waals surface area (Å²) in [7, 11) is 0. The number of nitrogens with two attached hydrogens (primary N) is 1. The number of nitrogens with one attached hydrogen (secondary N) is 1. The molecule has 0 saturated heterocycles. The van der Waals surface area contributed by atoms with Crippen LogP contribution in [-0.4, -0.2) is 11.9 Å². The number of carbonyl (C=O) groups is 1. The Bertz CT molecular complexity index is 710. The number of halogens is 2. The van der Waals surface area contributed by atoms with Crippen LogP contribution in [0.2, 0.25) is 0 Å². The van der Waals surface area contributed by atoms with Crippen molar-refractivity contribution >= 4 is 18.3 Å². The number of hydrogen-bond donors (Lipinski definition) is 2. The maximum absolute atomic E-state index is 14.3. The lowest BCUT2D eigenvalue weighted by Gasteiger charge is -2.28. The maximum Gasteiger partial charge on any atom is 0.223 e. The first-order chi connectivity index (χ1) is 12.1. The minimum atomic E-state index is -0.380. The van der Waals surface area contributed by atoms with Crippen LogP contribution in [0.4, 0.5) is 4.39 Å². The number of carbonyl (C=O) groups excluding carboxylic acids is 1. The minimum Gasteiger partial charge on any atom is -0.349 e. The van der Waals surface area contributed by atoms with Crippen molar-refractivity contribution in [2.45, 2.75) is 44.2 Å². The van der Waals surface area contributed by atoms with Gasteiger partial charge in [0.05, 0.1) is 6.04 Å². The molecule has 3 nitrogen and oxygen atoms in total. The highest BCUT2D eigenvalue weighted by molar-refractivity contribution is 5.85. The fraction of sp³-hybridized carbons (Fsp3) is 0.381. The van der Waals surface area contributed by atoms with E-state index in [0.717, 1.165) is 24.8 Å². The van der Waals surface area contributed by atoms with Crippen molar-refractivity contribution in [3.05, 3.63) is 71.5 Å². The van der Waals surface area contributed by atoms with E-state index in [9.17, 15) is 9.18 Å². The molecule has 140 valence electrons. The standard InChI is InChI=1S/C21H25FN2O.ClH/c22-19-12-5-4-11-18(19)20(13-15-7-2-1-3-8-15)24-21(25)16-9-6-10-17(23)14-16;/h1-5,7-8,11-12,16-17,20H,6,9-10,13-14,23H2,(H,24,25);1H. The highest BCUT2D eigenvalue weighted by atomic mass is 35.5. The van der Waals surface area contributed by atoms with E-state index < -0.39 is 0 Å². The lowest BCUT2D eigenvalue weighted by molar-refractivity contribution is -0.126. The number of amides is 1. The Labute approximate surface area is 160 Å². The van der Waals surface area contributed by atoms with E-state index in [1.54, 1.807) is 18.2 Å². The molecule has 0 aromatic heterocycles. The van der Waals surface area contributed by atoms with Gasteiger partial charge in [-0.05, 0) is 37.3 Å². The number of hydrogen-bond acceptors (Lipinski definition) is 2. The second-order valence-corrected chi connectivity index (χ2v) is 6.90. The first-order valence-corrected chi connectivity index (χ1v) is 8.98. The summed E-state index contributed by atoms with van der Waals surface area (Å²) in [6.07, 6.45) is 4.08. The summed E-state index contributed by atoms with van der Waals surface area (Å²) in [5.41, 5.74) is 7.61. The molecule has 3 unspecified atom stereocenters. The third-order valence-corrected chi connectivity index (χ3v) is 4.97. The molecule has 3 atom stereocenters. The normalized spacial score (nSPS) is 20.7. The molecule has 2 aromatic rings. The van der Waals surface area contributed by atoms with Crippen molar-refractivity contribution in [2.75, 3.05) is 0 Å². The Morgan fingerprint density at radius 1 is 1.12 bits per heavy atom. The van der Waals surface area contributed by atoms with Crippen LogP contribution >= 0.6 is 12.4 Å². The van der Waals surface area contributed by atoms with Crippen molar-refractivity contribution in [3.63, 3.8) is 0 Å². The van der Waals surface area contributed by atoms with E-state index in [0.29, 0.717) is 18.4 Å². The van der Waals surface area contributed by atoms with Gasteiger partial charge in [-0.1, -0.05) is 55.0 Å². The maximum atomic E-state index is 14.3. The molecule has 0 heterocycles. The first kappa shape index (κ1) is 20.4. The predicted molar refractivity (Wildman–Crippen MR) is 105 cm³/mol. The van der Waals surface area contributed by atoms with E-state index in [1.807, 2.05) is 30.3 Å². The van der Waals surface area contributed by atoms with Crippen molar-refractivity contribution in [1.82, 2.24) is 5.32 Å². The molecule has 0 bridgehead atoms. The van der Waals surface area contributed by atoms with Gasteiger partial charge in [-0.15, -0.1) is 12.4 Å². The Morgan fingerprint density at radius 3 is 2.50 bits per heavy atom. The first-order valence-electron chi connectivity index (χ1n) is 8.98. The second kappa shape index (κ2) is 9.70. The van der Waals surface area contributed by atoms with Crippen LogP contribution in [0.3, 0.4) is 0 Å². The van der Waals surface area contributed by atoms with Gasteiger partial charge in [-0.2, -0.15) is 0 Å². The van der Waals surface area contributed by atoms with Gasteiger partial charge in [0.25, 0.3) is 0 Å². The molecule has 3 N–H and O–H groups in total. The second-order valence-electron chi connectivity index (χ2n) is 6.90. The van der Waals surface area contributed by atoms with Gasteiger partial charge in [0.15, 0.2) is 0 Å². The van der Waals surface area contributed by atoms with Crippen LogP contribution in [0.25, 0.3) is 0 Å². The van der Waals surface area contributed by atoms with E-state index in [4.69, 9.17) is 5.73 Å². The lowest BCUT2D eigenvalue weighted by Crippen LogP contribution is -2.40. The fourth-order valence-corrected chi connectivity index (χ4v) is 3.60. The van der Waals surface area contributed by atoms with Crippen molar-refractivity contribution in [3.8, 4) is 0 Å². The van der Waals surface area contributed by atoms with Crippen LogP contribution in [0, 0.1) is 11.7 Å². The largest absolute Gasteiger partial charge is 0.349 e. The van der Waals surface area contributed by atoms with Gasteiger partial charge in [0, 0.05) is 17.5 Å². The highest BCUT2D eigenvalue weighted by Gasteiger charge is 2.28. The molecule has 1 amide bonds. The van der Waals surface area contributed by atoms with E-state index in [2.05, 4.69) is 5.32 Å². The van der Waals surface area contributed by atoms with Gasteiger partial charge in [0.1, 0.15) is 5.82 Å². The molecule has 1 fully saturated rings. The van der Waals surface area contributed by atoms with E-state index >= 15 is 0 Å². The number of benzene rings is 2. The third-order valence-electron chi connectivity index (χ3n) is 4.97. The van der Waals surface area contributed by atoms with Crippen molar-refractivity contribution in [2.24, 2.45) is 11.7 Å². The molecular weight excluding hydrogens is 351 g/mol. The lowest BCUT2D eigenvalue weighted by atomic mass is 9.85. The van der Waals surface area contributed by atoms with Crippen LogP contribution in [0.1, 0.15) is 42.9 Å². The Balaban J connectivity index is 0.00000243. The Morgan fingerprint density at radius 2 is 1.81 bits per heavy atom. The molecule has 0 spiro atoms. The summed E-state index contributed by atoms with van der Waals surface area (Å²) in [6, 6.07) is 16.2. The Kier molecular flexibility index (Phi) is 7.61. The summed E-state index contributed by atoms with van der Waals surface area (Å²) in [4.78, 5) is 12.7. The van der Waals surface area contributed by atoms with E-state index in [1.165, 1.54) is 6.07 Å². The van der Waals surface area contributed by atoms with Gasteiger partial charge >= 0.3 is 0 Å². The molecule has 1 saturated carbocycles. The zero-order valence-corrected chi connectivity index (χ0v) is 15.6. The van der Waals surface area contributed by atoms with Gasteiger partial charge in [-0.25, -0.2) is 4.39 Å². The van der Waals surface area contributed by atoms with Crippen molar-refractivity contribution in [1.29, 1.82) is 0 Å². The summed E-state index contributed by atoms with van der Waals surface area (Å²) >= 11 is 0.